The van der Waals surface area contributed by atoms with Crippen molar-refractivity contribution in [2.75, 3.05) is 5.73 Å². The molecule has 0 bridgehead atoms. The molecule has 1 heterocycles. The molecule has 20 heavy (non-hydrogen) atoms. The van der Waals surface area contributed by atoms with Gasteiger partial charge in [0, 0.05) is 16.8 Å². The van der Waals surface area contributed by atoms with Crippen LogP contribution in [0.3, 0.4) is 0 Å². The van der Waals surface area contributed by atoms with E-state index in [1.807, 2.05) is 43.3 Å². The highest BCUT2D eigenvalue weighted by Crippen LogP contribution is 2.28. The average molecular weight is 286 g/mol. The minimum atomic E-state index is 0.447. The van der Waals surface area contributed by atoms with E-state index in [1.54, 1.807) is 6.07 Å². The molecule has 5 heteroatoms. The van der Waals surface area contributed by atoms with Gasteiger partial charge in [0.1, 0.15) is 0 Å². The van der Waals surface area contributed by atoms with Crippen LogP contribution >= 0.6 is 11.6 Å². The smallest absolute Gasteiger partial charge is 0.258 e. The molecule has 100 valence electrons. The van der Waals surface area contributed by atoms with Gasteiger partial charge in [-0.3, -0.25) is 0 Å². The lowest BCUT2D eigenvalue weighted by Crippen LogP contribution is -1.89. The Morgan fingerprint density at radius 1 is 1.15 bits per heavy atom. The summed E-state index contributed by atoms with van der Waals surface area (Å²) in [5.74, 6) is 0.920. The Hall–Kier alpha value is -2.33. The maximum Gasteiger partial charge on any atom is 0.258 e. The quantitative estimate of drug-likeness (QED) is 0.724. The first-order valence-corrected chi connectivity index (χ1v) is 6.48. The molecular weight excluding hydrogens is 274 g/mol. The van der Waals surface area contributed by atoms with E-state index in [-0.39, 0.29) is 0 Å². The van der Waals surface area contributed by atoms with Crippen LogP contribution in [0.5, 0.6) is 0 Å². The van der Waals surface area contributed by atoms with Crippen LogP contribution in [0.2, 0.25) is 5.02 Å². The predicted molar refractivity (Wildman–Crippen MR) is 79.3 cm³/mol. The second-order valence-corrected chi connectivity index (χ2v) is 4.88. The van der Waals surface area contributed by atoms with Crippen LogP contribution in [0.1, 0.15) is 5.56 Å². The van der Waals surface area contributed by atoms with Crippen LogP contribution in [0, 0.1) is 6.92 Å². The van der Waals surface area contributed by atoms with E-state index in [2.05, 4.69) is 10.1 Å². The number of aromatic nitrogens is 2. The Labute approximate surface area is 121 Å². The van der Waals surface area contributed by atoms with Gasteiger partial charge in [0.15, 0.2) is 0 Å². The van der Waals surface area contributed by atoms with Gasteiger partial charge >= 0.3 is 0 Å². The van der Waals surface area contributed by atoms with Crippen molar-refractivity contribution < 1.29 is 4.52 Å². The molecule has 4 nitrogen and oxygen atoms in total. The third-order valence-corrected chi connectivity index (χ3v) is 3.39. The van der Waals surface area contributed by atoms with Crippen molar-refractivity contribution in [3.05, 3.63) is 53.1 Å². The zero-order valence-corrected chi connectivity index (χ0v) is 11.6. The fraction of sp³-hybridized carbons (Fsp3) is 0.0667. The lowest BCUT2D eigenvalue weighted by Gasteiger charge is -2.00. The molecule has 0 amide bonds. The third-order valence-electron chi connectivity index (χ3n) is 3.06. The molecule has 0 saturated heterocycles. The van der Waals surface area contributed by atoms with E-state index in [0.717, 1.165) is 22.4 Å². The normalized spacial score (nSPS) is 10.7. The molecule has 0 unspecified atom stereocenters. The highest BCUT2D eigenvalue weighted by atomic mass is 35.5. The monoisotopic (exact) mass is 285 g/mol. The average Bonchev–Trinajstić information content (AvgIpc) is 2.92. The second-order valence-electron chi connectivity index (χ2n) is 4.47. The number of anilines is 1. The summed E-state index contributed by atoms with van der Waals surface area (Å²) < 4.78 is 5.29. The number of hydrogen-bond acceptors (Lipinski definition) is 4. The zero-order valence-electron chi connectivity index (χ0n) is 10.8. The van der Waals surface area contributed by atoms with Gasteiger partial charge in [-0.15, -0.1) is 0 Å². The summed E-state index contributed by atoms with van der Waals surface area (Å²) in [5.41, 5.74) is 9.09. The fourth-order valence-electron chi connectivity index (χ4n) is 1.90. The van der Waals surface area contributed by atoms with E-state index in [4.69, 9.17) is 21.9 Å². The maximum atomic E-state index is 6.12. The van der Waals surface area contributed by atoms with Crippen molar-refractivity contribution in [2.24, 2.45) is 0 Å². The van der Waals surface area contributed by atoms with Crippen LogP contribution < -0.4 is 5.73 Å². The number of benzene rings is 2. The van der Waals surface area contributed by atoms with E-state index in [1.165, 1.54) is 0 Å². The summed E-state index contributed by atoms with van der Waals surface area (Å²) in [7, 11) is 0. The van der Waals surface area contributed by atoms with E-state index in [0.29, 0.717) is 16.7 Å². The molecule has 0 radical (unpaired) electrons. The number of nitrogens with two attached hydrogens (primary N) is 1. The van der Waals surface area contributed by atoms with Crippen molar-refractivity contribution in [3.8, 4) is 22.8 Å². The molecule has 0 aliphatic heterocycles. The van der Waals surface area contributed by atoms with Crippen molar-refractivity contribution >= 4 is 17.3 Å². The van der Waals surface area contributed by atoms with E-state index < -0.39 is 0 Å². The standard InChI is InChI=1S/C15H12ClN3O/c1-9-8-10(6-7-13(9)17)15-18-14(19-20-15)11-4-2-3-5-12(11)16/h2-8H,17H2,1H3. The van der Waals surface area contributed by atoms with Gasteiger partial charge in [-0.2, -0.15) is 4.98 Å². The fourth-order valence-corrected chi connectivity index (χ4v) is 2.12. The number of rotatable bonds is 2. The molecule has 0 aliphatic rings. The second kappa shape index (κ2) is 4.98. The largest absolute Gasteiger partial charge is 0.399 e. The molecule has 0 saturated carbocycles. The summed E-state index contributed by atoms with van der Waals surface area (Å²) in [4.78, 5) is 4.38. The van der Waals surface area contributed by atoms with Crippen molar-refractivity contribution in [2.45, 2.75) is 6.92 Å². The predicted octanol–water partition coefficient (Wildman–Crippen LogP) is 3.95. The van der Waals surface area contributed by atoms with Gasteiger partial charge in [-0.05, 0) is 42.8 Å². The van der Waals surface area contributed by atoms with Gasteiger partial charge in [0.25, 0.3) is 5.89 Å². The van der Waals surface area contributed by atoms with Crippen molar-refractivity contribution in [3.63, 3.8) is 0 Å². The van der Waals surface area contributed by atoms with Crippen LogP contribution in [0.4, 0.5) is 5.69 Å². The first kappa shape index (κ1) is 12.7. The van der Waals surface area contributed by atoms with E-state index >= 15 is 0 Å². The third kappa shape index (κ3) is 2.26. The summed E-state index contributed by atoms with van der Waals surface area (Å²) in [5, 5.41) is 4.56. The SMILES string of the molecule is Cc1cc(-c2nc(-c3ccccc3Cl)no2)ccc1N. The highest BCUT2D eigenvalue weighted by molar-refractivity contribution is 6.33. The van der Waals surface area contributed by atoms with Gasteiger partial charge in [-0.1, -0.05) is 28.9 Å². The summed E-state index contributed by atoms with van der Waals surface area (Å²) in [6.45, 7) is 1.93. The molecule has 3 rings (SSSR count). The Morgan fingerprint density at radius 3 is 2.70 bits per heavy atom. The topological polar surface area (TPSA) is 64.9 Å². The lowest BCUT2D eigenvalue weighted by molar-refractivity contribution is 0.432. The molecule has 0 fully saturated rings. The van der Waals surface area contributed by atoms with Gasteiger partial charge in [0.05, 0.1) is 5.02 Å². The minimum Gasteiger partial charge on any atom is -0.399 e. The van der Waals surface area contributed by atoms with Gasteiger partial charge in [-0.25, -0.2) is 0 Å². The Kier molecular flexibility index (Phi) is 3.16. The first-order valence-electron chi connectivity index (χ1n) is 6.10. The first-order chi connectivity index (χ1) is 9.65. The number of halogens is 1. The van der Waals surface area contributed by atoms with Crippen LogP contribution in [-0.4, -0.2) is 10.1 Å². The number of aryl methyl sites for hydroxylation is 1. The van der Waals surface area contributed by atoms with Crippen molar-refractivity contribution in [1.82, 2.24) is 10.1 Å². The maximum absolute atomic E-state index is 6.12. The highest BCUT2D eigenvalue weighted by Gasteiger charge is 2.13. The van der Waals surface area contributed by atoms with Crippen LogP contribution in [0.25, 0.3) is 22.8 Å². The number of nitrogens with zero attached hydrogens (tertiary/aromatic N) is 2. The Balaban J connectivity index is 2.02. The Morgan fingerprint density at radius 2 is 1.95 bits per heavy atom. The van der Waals surface area contributed by atoms with Crippen LogP contribution in [0.15, 0.2) is 47.0 Å². The number of hydrogen-bond donors (Lipinski definition) is 1. The summed E-state index contributed by atoms with van der Waals surface area (Å²) in [6.07, 6.45) is 0. The van der Waals surface area contributed by atoms with Gasteiger partial charge in [0.2, 0.25) is 5.82 Å². The lowest BCUT2D eigenvalue weighted by atomic mass is 10.1. The molecular formula is C15H12ClN3O. The van der Waals surface area contributed by atoms with Gasteiger partial charge < -0.3 is 10.3 Å². The van der Waals surface area contributed by atoms with Crippen molar-refractivity contribution in [1.29, 1.82) is 0 Å². The van der Waals surface area contributed by atoms with E-state index in [9.17, 15) is 0 Å². The molecule has 0 atom stereocenters. The molecule has 2 aromatic carbocycles. The Bertz CT molecular complexity index is 767. The van der Waals surface area contributed by atoms with Crippen LogP contribution in [-0.2, 0) is 0 Å². The molecule has 2 N–H and O–H groups in total. The molecule has 0 spiro atoms. The summed E-state index contributed by atoms with van der Waals surface area (Å²) in [6, 6.07) is 13.0. The minimum absolute atomic E-state index is 0.447. The zero-order chi connectivity index (χ0) is 14.1. The molecule has 1 aromatic heterocycles. The summed E-state index contributed by atoms with van der Waals surface area (Å²) >= 11 is 6.12. The molecule has 3 aromatic rings. The molecule has 0 aliphatic carbocycles. The number of nitrogen functional groups attached to an aromatic ring is 1.